The summed E-state index contributed by atoms with van der Waals surface area (Å²) in [6.45, 7) is 8.20. The van der Waals surface area contributed by atoms with Gasteiger partial charge in [0.15, 0.2) is 0 Å². The lowest BCUT2D eigenvalue weighted by molar-refractivity contribution is -0.113. The molecule has 0 aliphatic heterocycles. The number of amides is 2. The fourth-order valence-electron chi connectivity index (χ4n) is 3.05. The van der Waals surface area contributed by atoms with Gasteiger partial charge in [-0.2, -0.15) is 0 Å². The summed E-state index contributed by atoms with van der Waals surface area (Å²) in [6, 6.07) is 13.2. The van der Waals surface area contributed by atoms with Crippen LogP contribution in [0.4, 0.5) is 10.1 Å². The predicted octanol–water partition coefficient (Wildman–Crippen LogP) is 4.55. The molecule has 5 nitrogen and oxygen atoms in total. The zero-order chi connectivity index (χ0) is 22.5. The van der Waals surface area contributed by atoms with Crippen molar-refractivity contribution in [3.63, 3.8) is 0 Å². The molecule has 0 bridgehead atoms. The Morgan fingerprint density at radius 1 is 0.968 bits per heavy atom. The van der Waals surface area contributed by atoms with Crippen molar-refractivity contribution in [1.82, 2.24) is 10.2 Å². The molecule has 2 rings (SSSR count). The maximum Gasteiger partial charge on any atom is 0.251 e. The maximum absolute atomic E-state index is 12.9. The highest BCUT2D eigenvalue weighted by Crippen LogP contribution is 2.15. The minimum Gasteiger partial charge on any atom is -0.352 e. The van der Waals surface area contributed by atoms with E-state index >= 15 is 0 Å². The first-order valence-corrected chi connectivity index (χ1v) is 11.9. The smallest absolute Gasteiger partial charge is 0.251 e. The van der Waals surface area contributed by atoms with Gasteiger partial charge in [0.2, 0.25) is 5.91 Å². The van der Waals surface area contributed by atoms with Gasteiger partial charge in [-0.05, 0) is 74.4 Å². The van der Waals surface area contributed by atoms with Crippen LogP contribution in [0.1, 0.15) is 42.6 Å². The Bertz CT molecular complexity index is 809. The number of thioether (sulfide) groups is 1. The second-order valence-corrected chi connectivity index (χ2v) is 8.22. The minimum atomic E-state index is -0.334. The SMILES string of the molecule is CCN(CC)CCCCNC(=O)c1ccc(CSCC(=O)Nc2ccc(F)cc2)cc1. The quantitative estimate of drug-likeness (QED) is 0.444. The van der Waals surface area contributed by atoms with Gasteiger partial charge < -0.3 is 15.5 Å². The molecule has 0 aliphatic carbocycles. The number of carbonyl (C=O) groups is 2. The number of rotatable bonds is 13. The molecular weight excluding hydrogens is 413 g/mol. The lowest BCUT2D eigenvalue weighted by Crippen LogP contribution is -2.27. The Hall–Kier alpha value is -2.38. The Morgan fingerprint density at radius 2 is 1.65 bits per heavy atom. The van der Waals surface area contributed by atoms with Gasteiger partial charge in [-0.1, -0.05) is 26.0 Å². The third-order valence-electron chi connectivity index (χ3n) is 4.93. The molecular formula is C24H32FN3O2S. The summed E-state index contributed by atoms with van der Waals surface area (Å²) < 4.78 is 12.9. The summed E-state index contributed by atoms with van der Waals surface area (Å²) in [5, 5.41) is 5.71. The number of carbonyl (C=O) groups excluding carboxylic acids is 2. The molecule has 0 atom stereocenters. The highest BCUT2D eigenvalue weighted by molar-refractivity contribution is 7.99. The third kappa shape index (κ3) is 9.53. The number of unbranched alkanes of at least 4 members (excludes halogenated alkanes) is 1. The van der Waals surface area contributed by atoms with Crippen molar-refractivity contribution in [2.75, 3.05) is 37.2 Å². The molecule has 0 heterocycles. The van der Waals surface area contributed by atoms with Crippen LogP contribution in [0.2, 0.25) is 0 Å². The fraction of sp³-hybridized carbons (Fsp3) is 0.417. The van der Waals surface area contributed by atoms with Crippen LogP contribution in [0.25, 0.3) is 0 Å². The van der Waals surface area contributed by atoms with Crippen molar-refractivity contribution >= 4 is 29.3 Å². The van der Waals surface area contributed by atoms with Crippen molar-refractivity contribution < 1.29 is 14.0 Å². The van der Waals surface area contributed by atoms with Gasteiger partial charge in [-0.15, -0.1) is 11.8 Å². The molecule has 0 fully saturated rings. The molecule has 0 unspecified atom stereocenters. The number of benzene rings is 2. The monoisotopic (exact) mass is 445 g/mol. The van der Waals surface area contributed by atoms with Crippen LogP contribution in [0, 0.1) is 5.82 Å². The van der Waals surface area contributed by atoms with Crippen molar-refractivity contribution in [2.45, 2.75) is 32.4 Å². The molecule has 0 aliphatic rings. The molecule has 0 saturated heterocycles. The first-order chi connectivity index (χ1) is 15.0. The van der Waals surface area contributed by atoms with Gasteiger partial charge in [-0.3, -0.25) is 9.59 Å². The van der Waals surface area contributed by atoms with E-state index in [9.17, 15) is 14.0 Å². The minimum absolute atomic E-state index is 0.0549. The predicted molar refractivity (Wildman–Crippen MR) is 127 cm³/mol. The summed E-state index contributed by atoms with van der Waals surface area (Å²) in [5.41, 5.74) is 2.28. The van der Waals surface area contributed by atoms with E-state index in [0.29, 0.717) is 29.3 Å². The highest BCUT2D eigenvalue weighted by Gasteiger charge is 2.07. The van der Waals surface area contributed by atoms with Gasteiger partial charge in [0, 0.05) is 23.5 Å². The Balaban J connectivity index is 1.64. The van der Waals surface area contributed by atoms with E-state index in [2.05, 4.69) is 29.4 Å². The molecule has 0 radical (unpaired) electrons. The topological polar surface area (TPSA) is 61.4 Å². The molecule has 2 aromatic carbocycles. The Morgan fingerprint density at radius 3 is 2.29 bits per heavy atom. The van der Waals surface area contributed by atoms with Crippen LogP contribution >= 0.6 is 11.8 Å². The van der Waals surface area contributed by atoms with E-state index in [0.717, 1.165) is 38.0 Å². The average Bonchev–Trinajstić information content (AvgIpc) is 2.78. The van der Waals surface area contributed by atoms with E-state index in [1.165, 1.54) is 36.0 Å². The van der Waals surface area contributed by atoms with Crippen molar-refractivity contribution in [2.24, 2.45) is 0 Å². The molecule has 0 spiro atoms. The number of hydrogen-bond acceptors (Lipinski definition) is 4. The summed E-state index contributed by atoms with van der Waals surface area (Å²) in [7, 11) is 0. The van der Waals surface area contributed by atoms with Crippen molar-refractivity contribution in [1.29, 1.82) is 0 Å². The normalized spacial score (nSPS) is 10.8. The molecule has 168 valence electrons. The number of nitrogens with zero attached hydrogens (tertiary/aromatic N) is 1. The number of nitrogens with one attached hydrogen (secondary N) is 2. The average molecular weight is 446 g/mol. The van der Waals surface area contributed by atoms with Crippen LogP contribution in [0.3, 0.4) is 0 Å². The first-order valence-electron chi connectivity index (χ1n) is 10.7. The van der Waals surface area contributed by atoms with Crippen molar-refractivity contribution in [3.8, 4) is 0 Å². The second kappa shape index (κ2) is 13.8. The van der Waals surface area contributed by atoms with E-state index in [1.54, 1.807) is 0 Å². The molecule has 2 amide bonds. The van der Waals surface area contributed by atoms with Gasteiger partial charge in [-0.25, -0.2) is 4.39 Å². The summed E-state index contributed by atoms with van der Waals surface area (Å²) in [4.78, 5) is 26.6. The number of halogens is 1. The molecule has 2 N–H and O–H groups in total. The van der Waals surface area contributed by atoms with Crippen molar-refractivity contribution in [3.05, 3.63) is 65.5 Å². The van der Waals surface area contributed by atoms with Gasteiger partial charge >= 0.3 is 0 Å². The van der Waals surface area contributed by atoms with Crippen LogP contribution in [0.15, 0.2) is 48.5 Å². The van der Waals surface area contributed by atoms with Gasteiger partial charge in [0.1, 0.15) is 5.82 Å². The van der Waals surface area contributed by atoms with E-state index in [4.69, 9.17) is 0 Å². The summed E-state index contributed by atoms with van der Waals surface area (Å²) >= 11 is 1.49. The zero-order valence-corrected chi connectivity index (χ0v) is 19.1. The van der Waals surface area contributed by atoms with E-state index < -0.39 is 0 Å². The molecule has 7 heteroatoms. The maximum atomic E-state index is 12.9. The van der Waals surface area contributed by atoms with Crippen LogP contribution < -0.4 is 10.6 Å². The largest absolute Gasteiger partial charge is 0.352 e. The highest BCUT2D eigenvalue weighted by atomic mass is 32.2. The lowest BCUT2D eigenvalue weighted by Gasteiger charge is -2.17. The summed E-state index contributed by atoms with van der Waals surface area (Å²) in [5.74, 6) is 0.450. The standard InChI is InChI=1S/C24H32FN3O2S/c1-3-28(4-2)16-6-5-15-26-24(30)20-9-7-19(8-10-20)17-31-18-23(29)27-22-13-11-21(25)12-14-22/h7-14H,3-6,15-18H2,1-2H3,(H,26,30)(H,27,29). The molecule has 31 heavy (non-hydrogen) atoms. The lowest BCUT2D eigenvalue weighted by atomic mass is 10.1. The van der Waals surface area contributed by atoms with Crippen LogP contribution in [-0.2, 0) is 10.5 Å². The van der Waals surface area contributed by atoms with E-state index in [-0.39, 0.29) is 17.6 Å². The van der Waals surface area contributed by atoms with E-state index in [1.807, 2.05) is 24.3 Å². The fourth-order valence-corrected chi connectivity index (χ4v) is 3.84. The number of hydrogen-bond donors (Lipinski definition) is 2. The third-order valence-corrected chi connectivity index (χ3v) is 5.93. The second-order valence-electron chi connectivity index (χ2n) is 7.23. The van der Waals surface area contributed by atoms with Crippen LogP contribution in [-0.4, -0.2) is 48.6 Å². The number of anilines is 1. The Labute approximate surface area is 188 Å². The molecule has 0 saturated carbocycles. The Kier molecular flexibility index (Phi) is 11.1. The van der Waals surface area contributed by atoms with Gasteiger partial charge in [0.25, 0.3) is 5.91 Å². The van der Waals surface area contributed by atoms with Gasteiger partial charge in [0.05, 0.1) is 5.75 Å². The molecule has 0 aromatic heterocycles. The molecule has 2 aromatic rings. The zero-order valence-electron chi connectivity index (χ0n) is 18.3. The summed E-state index contributed by atoms with van der Waals surface area (Å²) in [6.07, 6.45) is 2.05. The first kappa shape index (κ1) is 24.9. The van der Waals surface area contributed by atoms with Crippen LogP contribution in [0.5, 0.6) is 0 Å².